The molecule has 3 heterocycles. The van der Waals surface area contributed by atoms with Crippen LogP contribution >= 0.6 is 0 Å². The number of fused-ring (bicyclic) bond motifs is 2. The van der Waals surface area contributed by atoms with Gasteiger partial charge in [-0.3, -0.25) is 14.5 Å². The normalized spacial score (nSPS) is 26.9. The lowest BCUT2D eigenvalue weighted by Crippen LogP contribution is -2.63. The van der Waals surface area contributed by atoms with E-state index in [1.54, 1.807) is 7.11 Å². The fourth-order valence-electron chi connectivity index (χ4n) is 5.53. The highest BCUT2D eigenvalue weighted by Crippen LogP contribution is 2.44. The summed E-state index contributed by atoms with van der Waals surface area (Å²) in [4.78, 5) is 35.3. The second-order valence-corrected chi connectivity index (χ2v) is 9.37. The van der Waals surface area contributed by atoms with Crippen molar-refractivity contribution in [2.24, 2.45) is 5.92 Å². The summed E-state index contributed by atoms with van der Waals surface area (Å²) in [5, 5.41) is 0. The van der Waals surface area contributed by atoms with Crippen LogP contribution in [0.4, 0.5) is 0 Å². The Labute approximate surface area is 178 Å². The number of amides is 2. The fourth-order valence-corrected chi connectivity index (χ4v) is 5.53. The van der Waals surface area contributed by atoms with Crippen molar-refractivity contribution < 1.29 is 14.3 Å². The number of nitrogens with zero attached hydrogens (tertiary/aromatic N) is 4. The zero-order chi connectivity index (χ0) is 20.9. The minimum atomic E-state index is -0.206. The van der Waals surface area contributed by atoms with E-state index in [2.05, 4.69) is 21.7 Å². The Bertz CT molecular complexity index is 814. The van der Waals surface area contributed by atoms with Crippen LogP contribution < -0.4 is 4.74 Å². The maximum absolute atomic E-state index is 13.4. The SMILES string of the molecule is COc1ccc(C(=O)N2CCC3(CC2)N(CC2CC2)C(=O)[C@H]2CN(C)CCN23)cc1. The fraction of sp³-hybridized carbons (Fsp3) is 0.652. The number of hydrogen-bond donors (Lipinski definition) is 0. The third-order valence-corrected chi connectivity index (χ3v) is 7.50. The van der Waals surface area contributed by atoms with Crippen LogP contribution in [0, 0.1) is 5.92 Å². The molecule has 5 rings (SSSR count). The van der Waals surface area contributed by atoms with Gasteiger partial charge in [0, 0.05) is 57.7 Å². The van der Waals surface area contributed by atoms with Crippen molar-refractivity contribution in [1.29, 1.82) is 0 Å². The van der Waals surface area contributed by atoms with E-state index in [0.717, 1.165) is 44.8 Å². The topological polar surface area (TPSA) is 56.3 Å². The van der Waals surface area contributed by atoms with Crippen LogP contribution in [0.3, 0.4) is 0 Å². The Hall–Kier alpha value is -2.12. The van der Waals surface area contributed by atoms with Crippen molar-refractivity contribution in [3.8, 4) is 5.75 Å². The number of piperazine rings is 1. The highest BCUT2D eigenvalue weighted by Gasteiger charge is 2.59. The van der Waals surface area contributed by atoms with Gasteiger partial charge in [-0.1, -0.05) is 0 Å². The summed E-state index contributed by atoms with van der Waals surface area (Å²) in [6.07, 6.45) is 4.17. The van der Waals surface area contributed by atoms with Gasteiger partial charge in [-0.05, 0) is 50.1 Å². The smallest absolute Gasteiger partial charge is 0.253 e. The van der Waals surface area contributed by atoms with Crippen molar-refractivity contribution in [3.05, 3.63) is 29.8 Å². The lowest BCUT2D eigenvalue weighted by atomic mass is 9.92. The molecule has 4 aliphatic rings. The summed E-state index contributed by atoms with van der Waals surface area (Å²) in [5.74, 6) is 1.80. The van der Waals surface area contributed by atoms with E-state index >= 15 is 0 Å². The number of carbonyl (C=O) groups is 2. The molecule has 1 spiro atoms. The van der Waals surface area contributed by atoms with E-state index in [1.165, 1.54) is 12.8 Å². The van der Waals surface area contributed by atoms with Gasteiger partial charge in [0.05, 0.1) is 7.11 Å². The molecule has 3 saturated heterocycles. The van der Waals surface area contributed by atoms with Crippen molar-refractivity contribution in [3.63, 3.8) is 0 Å². The van der Waals surface area contributed by atoms with Crippen LogP contribution in [0.15, 0.2) is 24.3 Å². The molecule has 3 aliphatic heterocycles. The number of carbonyl (C=O) groups excluding carboxylic acids is 2. The van der Waals surface area contributed by atoms with Crippen LogP contribution in [-0.4, -0.2) is 96.5 Å². The molecule has 7 heteroatoms. The Morgan fingerprint density at radius 1 is 1.10 bits per heavy atom. The second-order valence-electron chi connectivity index (χ2n) is 9.37. The maximum atomic E-state index is 13.4. The van der Waals surface area contributed by atoms with Gasteiger partial charge in [-0.25, -0.2) is 0 Å². The highest BCUT2D eigenvalue weighted by molar-refractivity contribution is 5.94. The minimum absolute atomic E-state index is 0.0219. The van der Waals surface area contributed by atoms with Crippen LogP contribution in [0.1, 0.15) is 36.0 Å². The largest absolute Gasteiger partial charge is 0.497 e. The van der Waals surface area contributed by atoms with Crippen molar-refractivity contribution in [2.45, 2.75) is 37.4 Å². The Morgan fingerprint density at radius 3 is 2.43 bits per heavy atom. The quantitative estimate of drug-likeness (QED) is 0.750. The maximum Gasteiger partial charge on any atom is 0.253 e. The summed E-state index contributed by atoms with van der Waals surface area (Å²) in [6, 6.07) is 7.31. The molecule has 0 N–H and O–H groups in total. The van der Waals surface area contributed by atoms with Crippen LogP contribution in [0.5, 0.6) is 5.75 Å². The molecule has 1 saturated carbocycles. The van der Waals surface area contributed by atoms with Gasteiger partial charge in [0.1, 0.15) is 17.5 Å². The Balaban J connectivity index is 1.34. The number of hydrogen-bond acceptors (Lipinski definition) is 5. The van der Waals surface area contributed by atoms with Gasteiger partial charge in [0.15, 0.2) is 0 Å². The number of likely N-dealkylation sites (N-methyl/N-ethyl adjacent to an activating group) is 1. The Kier molecular flexibility index (Phi) is 4.98. The third-order valence-electron chi connectivity index (χ3n) is 7.50. The van der Waals surface area contributed by atoms with Crippen LogP contribution in [0.2, 0.25) is 0 Å². The molecular weight excluding hydrogens is 380 g/mol. The van der Waals surface area contributed by atoms with E-state index in [1.807, 2.05) is 29.2 Å². The van der Waals surface area contributed by atoms with Gasteiger partial charge < -0.3 is 19.4 Å². The molecular formula is C23H32N4O3. The third kappa shape index (κ3) is 3.28. The molecule has 2 amide bonds. The first-order chi connectivity index (χ1) is 14.5. The molecule has 0 unspecified atom stereocenters. The summed E-state index contributed by atoms with van der Waals surface area (Å²) in [5.41, 5.74) is 0.490. The standard InChI is InChI=1S/C23H32N4O3/c1-24-13-14-26-20(16-24)22(29)27(15-17-3-4-17)23(26)9-11-25(12-10-23)21(28)18-5-7-19(30-2)8-6-18/h5-8,17,20H,3-4,9-16H2,1-2H3/t20-/m1/s1. The van der Waals surface area contributed by atoms with Gasteiger partial charge in [0.2, 0.25) is 5.91 Å². The van der Waals surface area contributed by atoms with Gasteiger partial charge in [-0.2, -0.15) is 0 Å². The second kappa shape index (κ2) is 7.54. The predicted octanol–water partition coefficient (Wildman–Crippen LogP) is 1.50. The zero-order valence-electron chi connectivity index (χ0n) is 18.0. The van der Waals surface area contributed by atoms with Crippen LogP contribution in [0.25, 0.3) is 0 Å². The lowest BCUT2D eigenvalue weighted by Gasteiger charge is -2.50. The van der Waals surface area contributed by atoms with Gasteiger partial charge in [0.25, 0.3) is 5.91 Å². The van der Waals surface area contributed by atoms with Crippen LogP contribution in [-0.2, 0) is 4.79 Å². The zero-order valence-corrected chi connectivity index (χ0v) is 18.0. The predicted molar refractivity (Wildman–Crippen MR) is 113 cm³/mol. The summed E-state index contributed by atoms with van der Waals surface area (Å²) in [7, 11) is 3.74. The number of ether oxygens (including phenoxy) is 1. The summed E-state index contributed by atoms with van der Waals surface area (Å²) >= 11 is 0. The summed E-state index contributed by atoms with van der Waals surface area (Å²) < 4.78 is 5.20. The van der Waals surface area contributed by atoms with Crippen molar-refractivity contribution in [2.75, 3.05) is 53.4 Å². The molecule has 7 nitrogen and oxygen atoms in total. The number of likely N-dealkylation sites (tertiary alicyclic amines) is 1. The Morgan fingerprint density at radius 2 is 1.80 bits per heavy atom. The van der Waals surface area contributed by atoms with Crippen molar-refractivity contribution in [1.82, 2.24) is 19.6 Å². The highest BCUT2D eigenvalue weighted by atomic mass is 16.5. The molecule has 1 aromatic carbocycles. The van der Waals surface area contributed by atoms with E-state index in [-0.39, 0.29) is 17.6 Å². The lowest BCUT2D eigenvalue weighted by molar-refractivity contribution is -0.134. The minimum Gasteiger partial charge on any atom is -0.497 e. The number of methoxy groups -OCH3 is 1. The van der Waals surface area contributed by atoms with E-state index in [0.29, 0.717) is 30.5 Å². The number of rotatable bonds is 4. The molecule has 1 atom stereocenters. The molecule has 1 aliphatic carbocycles. The molecule has 162 valence electrons. The molecule has 0 aromatic heterocycles. The first-order valence-corrected chi connectivity index (χ1v) is 11.2. The monoisotopic (exact) mass is 412 g/mol. The summed E-state index contributed by atoms with van der Waals surface area (Å²) in [6.45, 7) is 5.02. The first-order valence-electron chi connectivity index (χ1n) is 11.2. The first kappa shape index (κ1) is 19.8. The average Bonchev–Trinajstić information content (AvgIpc) is 3.58. The molecule has 4 fully saturated rings. The molecule has 1 aromatic rings. The van der Waals surface area contributed by atoms with Crippen molar-refractivity contribution >= 4 is 11.8 Å². The van der Waals surface area contributed by atoms with Gasteiger partial charge >= 0.3 is 0 Å². The van der Waals surface area contributed by atoms with Gasteiger partial charge in [-0.15, -0.1) is 0 Å². The number of piperidine rings is 1. The van der Waals surface area contributed by atoms with E-state index < -0.39 is 0 Å². The molecule has 30 heavy (non-hydrogen) atoms. The van der Waals surface area contributed by atoms with E-state index in [9.17, 15) is 9.59 Å². The van der Waals surface area contributed by atoms with E-state index in [4.69, 9.17) is 4.74 Å². The molecule has 0 radical (unpaired) electrons. The average molecular weight is 413 g/mol. The number of benzene rings is 1. The molecule has 0 bridgehead atoms.